The number of nitrogens with one attached hydrogen (secondary N) is 1. The van der Waals surface area contributed by atoms with Gasteiger partial charge in [-0.1, -0.05) is 25.5 Å². The second-order valence-electron chi connectivity index (χ2n) is 5.37. The third-order valence-corrected chi connectivity index (χ3v) is 3.82. The number of carbonyl (C=O) groups is 1. The Morgan fingerprint density at radius 2 is 2.10 bits per heavy atom. The topological polar surface area (TPSA) is 58.4 Å². The molecule has 4 heteroatoms. The summed E-state index contributed by atoms with van der Waals surface area (Å²) in [5.74, 6) is 0.0182. The molecule has 1 rings (SSSR count). The van der Waals surface area contributed by atoms with Crippen LogP contribution in [0.2, 0.25) is 0 Å². The second kappa shape index (κ2) is 8.02. The number of likely N-dealkylation sites (N-methyl/N-ethyl adjacent to an activating group) is 1. The molecule has 0 aliphatic carbocycles. The highest BCUT2D eigenvalue weighted by atomic mass is 16.2. The largest absolute Gasteiger partial charge is 0.326 e. The third-order valence-electron chi connectivity index (χ3n) is 3.82. The summed E-state index contributed by atoms with van der Waals surface area (Å²) < 4.78 is 0. The first-order valence-corrected chi connectivity index (χ1v) is 7.31. The summed E-state index contributed by atoms with van der Waals surface area (Å²) in [5, 5.41) is 2.96. The van der Waals surface area contributed by atoms with Crippen molar-refractivity contribution in [1.82, 2.24) is 4.90 Å². The molecule has 0 spiro atoms. The van der Waals surface area contributed by atoms with E-state index in [2.05, 4.69) is 24.1 Å². The number of hydrogen-bond acceptors (Lipinski definition) is 3. The van der Waals surface area contributed by atoms with Crippen molar-refractivity contribution < 1.29 is 4.79 Å². The minimum atomic E-state index is -0.155. The van der Waals surface area contributed by atoms with Crippen LogP contribution in [0.5, 0.6) is 0 Å². The first-order chi connectivity index (χ1) is 9.49. The SMILES string of the molecule is CCCC(C)N(C)C(C)C(=O)Nc1cccc(CN)c1. The molecule has 0 aliphatic heterocycles. The van der Waals surface area contributed by atoms with Crippen LogP contribution in [-0.4, -0.2) is 29.9 Å². The number of hydrogen-bond donors (Lipinski definition) is 2. The summed E-state index contributed by atoms with van der Waals surface area (Å²) in [7, 11) is 2.00. The van der Waals surface area contributed by atoms with Gasteiger partial charge in [0, 0.05) is 18.3 Å². The van der Waals surface area contributed by atoms with Gasteiger partial charge in [0.2, 0.25) is 5.91 Å². The molecule has 2 unspecified atom stereocenters. The third kappa shape index (κ3) is 4.62. The van der Waals surface area contributed by atoms with E-state index in [4.69, 9.17) is 5.73 Å². The molecule has 1 aromatic rings. The predicted octanol–water partition coefficient (Wildman–Crippen LogP) is 2.59. The lowest BCUT2D eigenvalue weighted by molar-refractivity contribution is -0.121. The first-order valence-electron chi connectivity index (χ1n) is 7.31. The van der Waals surface area contributed by atoms with Gasteiger partial charge in [-0.3, -0.25) is 9.69 Å². The Kier molecular flexibility index (Phi) is 6.68. The lowest BCUT2D eigenvalue weighted by Crippen LogP contribution is -2.44. The Morgan fingerprint density at radius 3 is 2.70 bits per heavy atom. The lowest BCUT2D eigenvalue weighted by atomic mass is 10.1. The highest BCUT2D eigenvalue weighted by molar-refractivity contribution is 5.94. The van der Waals surface area contributed by atoms with Crippen molar-refractivity contribution in [2.24, 2.45) is 5.73 Å². The van der Waals surface area contributed by atoms with Crippen molar-refractivity contribution in [3.05, 3.63) is 29.8 Å². The fraction of sp³-hybridized carbons (Fsp3) is 0.562. The minimum Gasteiger partial charge on any atom is -0.326 e. The van der Waals surface area contributed by atoms with Crippen LogP contribution in [0.25, 0.3) is 0 Å². The molecule has 20 heavy (non-hydrogen) atoms. The van der Waals surface area contributed by atoms with Crippen LogP contribution in [0.15, 0.2) is 24.3 Å². The Morgan fingerprint density at radius 1 is 1.40 bits per heavy atom. The van der Waals surface area contributed by atoms with Crippen LogP contribution < -0.4 is 11.1 Å². The Hall–Kier alpha value is -1.39. The molecule has 0 aromatic heterocycles. The van der Waals surface area contributed by atoms with E-state index in [1.165, 1.54) is 0 Å². The fourth-order valence-corrected chi connectivity index (χ4v) is 2.21. The Bertz CT molecular complexity index is 433. The maximum absolute atomic E-state index is 12.3. The molecule has 1 aromatic carbocycles. The average Bonchev–Trinajstić information content (AvgIpc) is 2.46. The van der Waals surface area contributed by atoms with Crippen molar-refractivity contribution in [2.45, 2.75) is 52.2 Å². The molecule has 0 bridgehead atoms. The van der Waals surface area contributed by atoms with Crippen LogP contribution >= 0.6 is 0 Å². The molecule has 0 aliphatic rings. The first kappa shape index (κ1) is 16.7. The van der Waals surface area contributed by atoms with E-state index < -0.39 is 0 Å². The summed E-state index contributed by atoms with van der Waals surface area (Å²) >= 11 is 0. The molecule has 2 atom stereocenters. The van der Waals surface area contributed by atoms with Crippen LogP contribution in [0.3, 0.4) is 0 Å². The summed E-state index contributed by atoms with van der Waals surface area (Å²) in [5.41, 5.74) is 7.43. The van der Waals surface area contributed by atoms with Gasteiger partial charge >= 0.3 is 0 Å². The zero-order valence-corrected chi connectivity index (χ0v) is 13.0. The van der Waals surface area contributed by atoms with Crippen LogP contribution in [0.4, 0.5) is 5.69 Å². The van der Waals surface area contributed by atoms with Crippen LogP contribution in [-0.2, 0) is 11.3 Å². The van der Waals surface area contributed by atoms with Crippen molar-refractivity contribution in [1.29, 1.82) is 0 Å². The number of anilines is 1. The van der Waals surface area contributed by atoms with Crippen molar-refractivity contribution in [3.63, 3.8) is 0 Å². The van der Waals surface area contributed by atoms with E-state index in [0.717, 1.165) is 24.1 Å². The molecular formula is C16H27N3O. The fourth-order valence-electron chi connectivity index (χ4n) is 2.21. The van der Waals surface area contributed by atoms with E-state index in [-0.39, 0.29) is 11.9 Å². The maximum atomic E-state index is 12.3. The zero-order valence-electron chi connectivity index (χ0n) is 13.0. The summed E-state index contributed by atoms with van der Waals surface area (Å²) in [4.78, 5) is 14.4. The molecule has 0 radical (unpaired) electrons. The molecule has 0 heterocycles. The zero-order chi connectivity index (χ0) is 15.1. The number of nitrogens with zero attached hydrogens (tertiary/aromatic N) is 1. The molecule has 3 N–H and O–H groups in total. The molecule has 112 valence electrons. The smallest absolute Gasteiger partial charge is 0.241 e. The van der Waals surface area contributed by atoms with E-state index >= 15 is 0 Å². The van der Waals surface area contributed by atoms with Gasteiger partial charge in [0.1, 0.15) is 0 Å². The highest BCUT2D eigenvalue weighted by Gasteiger charge is 2.21. The molecular weight excluding hydrogens is 250 g/mol. The molecule has 0 fully saturated rings. The number of rotatable bonds is 7. The molecule has 0 saturated heterocycles. The van der Waals surface area contributed by atoms with Gasteiger partial charge in [0.25, 0.3) is 0 Å². The van der Waals surface area contributed by atoms with Crippen LogP contribution in [0, 0.1) is 0 Å². The van der Waals surface area contributed by atoms with Gasteiger partial charge in [0.15, 0.2) is 0 Å². The highest BCUT2D eigenvalue weighted by Crippen LogP contribution is 2.13. The normalized spacial score (nSPS) is 14.1. The standard InChI is InChI=1S/C16H27N3O/c1-5-7-12(2)19(4)13(3)16(20)18-15-9-6-8-14(10-15)11-17/h6,8-10,12-13H,5,7,11,17H2,1-4H3,(H,18,20). The van der Waals surface area contributed by atoms with Crippen molar-refractivity contribution >= 4 is 11.6 Å². The summed E-state index contributed by atoms with van der Waals surface area (Å²) in [6.07, 6.45) is 2.22. The average molecular weight is 277 g/mol. The van der Waals surface area contributed by atoms with Crippen molar-refractivity contribution in [2.75, 3.05) is 12.4 Å². The summed E-state index contributed by atoms with van der Waals surface area (Å²) in [6, 6.07) is 7.91. The lowest BCUT2D eigenvalue weighted by Gasteiger charge is -2.29. The Labute approximate surface area is 122 Å². The van der Waals surface area contributed by atoms with Gasteiger partial charge < -0.3 is 11.1 Å². The minimum absolute atomic E-state index is 0.0182. The van der Waals surface area contributed by atoms with Gasteiger partial charge in [-0.25, -0.2) is 0 Å². The van der Waals surface area contributed by atoms with Crippen LogP contribution in [0.1, 0.15) is 39.2 Å². The number of nitrogens with two attached hydrogens (primary N) is 1. The van der Waals surface area contributed by atoms with Crippen molar-refractivity contribution in [3.8, 4) is 0 Å². The summed E-state index contributed by atoms with van der Waals surface area (Å²) in [6.45, 7) is 6.73. The van der Waals surface area contributed by atoms with Gasteiger partial charge in [-0.05, 0) is 45.0 Å². The van der Waals surface area contributed by atoms with E-state index in [0.29, 0.717) is 12.6 Å². The number of amides is 1. The quantitative estimate of drug-likeness (QED) is 0.805. The van der Waals surface area contributed by atoms with E-state index in [9.17, 15) is 4.79 Å². The number of benzene rings is 1. The second-order valence-corrected chi connectivity index (χ2v) is 5.37. The Balaban J connectivity index is 2.65. The van der Waals surface area contributed by atoms with E-state index in [1.54, 1.807) is 0 Å². The monoisotopic (exact) mass is 277 g/mol. The van der Waals surface area contributed by atoms with Gasteiger partial charge in [-0.2, -0.15) is 0 Å². The number of carbonyl (C=O) groups excluding carboxylic acids is 1. The van der Waals surface area contributed by atoms with Gasteiger partial charge in [-0.15, -0.1) is 0 Å². The molecule has 4 nitrogen and oxygen atoms in total. The predicted molar refractivity (Wildman–Crippen MR) is 84.6 cm³/mol. The maximum Gasteiger partial charge on any atom is 0.241 e. The molecule has 0 saturated carbocycles. The van der Waals surface area contributed by atoms with E-state index in [1.807, 2.05) is 38.2 Å². The molecule has 1 amide bonds. The van der Waals surface area contributed by atoms with Gasteiger partial charge in [0.05, 0.1) is 6.04 Å².